The molecule has 0 radical (unpaired) electrons. The second-order valence-electron chi connectivity index (χ2n) is 8.01. The minimum absolute atomic E-state index is 0.0404. The minimum atomic E-state index is -4.56. The third-order valence-corrected chi connectivity index (χ3v) is 6.35. The molecule has 3 aromatic rings. The lowest BCUT2D eigenvalue weighted by Gasteiger charge is -2.27. The molecule has 6 nitrogen and oxygen atoms in total. The summed E-state index contributed by atoms with van der Waals surface area (Å²) >= 11 is 6.18. The SMILES string of the molecule is O=C(N[C@H]1[C@@H]2C[C@](O)(c3cc(Cl)cc4[nH]ncc34)C[C@@H]21)c1cncc(C(F)(F)F)c1. The van der Waals surface area contributed by atoms with Gasteiger partial charge in [0.05, 0.1) is 28.4 Å². The van der Waals surface area contributed by atoms with Gasteiger partial charge in [-0.2, -0.15) is 18.3 Å². The van der Waals surface area contributed by atoms with E-state index in [1.165, 1.54) is 0 Å². The number of pyridine rings is 1. The molecule has 10 heteroatoms. The Balaban J connectivity index is 1.30. The Kier molecular flexibility index (Phi) is 4.14. The Bertz CT molecular complexity index is 1150. The van der Waals surface area contributed by atoms with Crippen LogP contribution in [0.25, 0.3) is 10.9 Å². The largest absolute Gasteiger partial charge is 0.417 e. The van der Waals surface area contributed by atoms with Gasteiger partial charge in [0, 0.05) is 28.8 Å². The van der Waals surface area contributed by atoms with Crippen LogP contribution in [0, 0.1) is 11.8 Å². The van der Waals surface area contributed by atoms with Crippen LogP contribution in [0.2, 0.25) is 5.02 Å². The van der Waals surface area contributed by atoms with E-state index in [0.29, 0.717) is 29.6 Å². The number of hydrogen-bond donors (Lipinski definition) is 3. The molecule has 156 valence electrons. The van der Waals surface area contributed by atoms with Crippen LogP contribution in [0.3, 0.4) is 0 Å². The molecule has 0 aliphatic heterocycles. The number of carbonyl (C=O) groups excluding carboxylic acids is 1. The molecule has 2 aliphatic carbocycles. The number of rotatable bonds is 3. The molecule has 3 N–H and O–H groups in total. The molecule has 1 amide bonds. The number of nitrogens with one attached hydrogen (secondary N) is 2. The first kappa shape index (κ1) is 19.3. The fraction of sp³-hybridized carbons (Fsp3) is 0.350. The van der Waals surface area contributed by atoms with Gasteiger partial charge >= 0.3 is 6.18 Å². The van der Waals surface area contributed by atoms with Gasteiger partial charge in [0.1, 0.15) is 0 Å². The summed E-state index contributed by atoms with van der Waals surface area (Å²) in [6.07, 6.45) is -0.284. The van der Waals surface area contributed by atoms with Gasteiger partial charge in [-0.05, 0) is 48.4 Å². The molecule has 2 saturated carbocycles. The van der Waals surface area contributed by atoms with Crippen molar-refractivity contribution in [1.82, 2.24) is 20.5 Å². The summed E-state index contributed by atoms with van der Waals surface area (Å²) in [6.45, 7) is 0. The molecule has 2 aliphatic rings. The van der Waals surface area contributed by atoms with E-state index in [9.17, 15) is 23.1 Å². The summed E-state index contributed by atoms with van der Waals surface area (Å²) in [7, 11) is 0. The van der Waals surface area contributed by atoms with E-state index in [0.717, 1.165) is 23.2 Å². The molecule has 0 spiro atoms. The molecule has 0 saturated heterocycles. The van der Waals surface area contributed by atoms with Crippen molar-refractivity contribution in [2.24, 2.45) is 11.8 Å². The first-order valence-corrected chi connectivity index (χ1v) is 9.72. The zero-order chi connectivity index (χ0) is 21.3. The van der Waals surface area contributed by atoms with Gasteiger partial charge in [0.2, 0.25) is 0 Å². The van der Waals surface area contributed by atoms with Crippen molar-refractivity contribution in [2.75, 3.05) is 0 Å². The van der Waals surface area contributed by atoms with Gasteiger partial charge in [0.15, 0.2) is 0 Å². The van der Waals surface area contributed by atoms with E-state index >= 15 is 0 Å². The second kappa shape index (κ2) is 6.42. The Labute approximate surface area is 173 Å². The fourth-order valence-corrected chi connectivity index (χ4v) is 4.87. The highest BCUT2D eigenvalue weighted by molar-refractivity contribution is 6.31. The third kappa shape index (κ3) is 3.13. The van der Waals surface area contributed by atoms with Crippen molar-refractivity contribution in [3.05, 3.63) is 58.5 Å². The highest BCUT2D eigenvalue weighted by Crippen LogP contribution is 2.60. The lowest BCUT2D eigenvalue weighted by atomic mass is 9.86. The van der Waals surface area contributed by atoms with E-state index in [1.54, 1.807) is 18.3 Å². The molecule has 5 rings (SSSR count). The number of fused-ring (bicyclic) bond motifs is 2. The smallest absolute Gasteiger partial charge is 0.385 e. The monoisotopic (exact) mass is 436 g/mol. The van der Waals surface area contributed by atoms with E-state index in [4.69, 9.17) is 11.6 Å². The predicted molar refractivity (Wildman–Crippen MR) is 102 cm³/mol. The Hall–Kier alpha value is -2.65. The molecular formula is C20H16ClF3N4O2. The van der Waals surface area contributed by atoms with Crippen LogP contribution >= 0.6 is 11.6 Å². The van der Waals surface area contributed by atoms with Gasteiger partial charge in [0.25, 0.3) is 5.91 Å². The lowest BCUT2D eigenvalue weighted by molar-refractivity contribution is -0.137. The average molecular weight is 437 g/mol. The van der Waals surface area contributed by atoms with Gasteiger partial charge in [-0.1, -0.05) is 11.6 Å². The second-order valence-corrected chi connectivity index (χ2v) is 8.45. The first-order valence-electron chi connectivity index (χ1n) is 9.34. The summed E-state index contributed by atoms with van der Waals surface area (Å²) < 4.78 is 38.5. The number of benzene rings is 1. The highest BCUT2D eigenvalue weighted by Gasteiger charge is 2.62. The average Bonchev–Trinajstić information content (AvgIpc) is 3.03. The predicted octanol–water partition coefficient (Wildman–Crippen LogP) is 3.66. The first-order chi connectivity index (χ1) is 14.2. The van der Waals surface area contributed by atoms with Crippen molar-refractivity contribution >= 4 is 28.4 Å². The number of aliphatic hydroxyl groups is 1. The Morgan fingerprint density at radius 1 is 1.20 bits per heavy atom. The maximum atomic E-state index is 12.8. The maximum absolute atomic E-state index is 12.8. The van der Waals surface area contributed by atoms with Gasteiger partial charge in [-0.25, -0.2) is 0 Å². The van der Waals surface area contributed by atoms with Gasteiger partial charge < -0.3 is 10.4 Å². The van der Waals surface area contributed by atoms with E-state index in [-0.39, 0.29) is 23.4 Å². The molecule has 0 bridgehead atoms. The normalized spacial score (nSPS) is 27.8. The number of aromatic nitrogens is 3. The topological polar surface area (TPSA) is 90.9 Å². The van der Waals surface area contributed by atoms with Crippen LogP contribution in [0.1, 0.15) is 34.3 Å². The van der Waals surface area contributed by atoms with Gasteiger partial charge in [-0.15, -0.1) is 0 Å². The van der Waals surface area contributed by atoms with Crippen molar-refractivity contribution in [1.29, 1.82) is 0 Å². The molecule has 0 unspecified atom stereocenters. The molecular weight excluding hydrogens is 421 g/mol. The number of H-pyrrole nitrogens is 1. The Morgan fingerprint density at radius 2 is 1.93 bits per heavy atom. The minimum Gasteiger partial charge on any atom is -0.385 e. The third-order valence-electron chi connectivity index (χ3n) is 6.13. The van der Waals surface area contributed by atoms with Crippen LogP contribution in [0.4, 0.5) is 13.2 Å². The number of carbonyl (C=O) groups is 1. The zero-order valence-corrected chi connectivity index (χ0v) is 16.1. The number of aromatic amines is 1. The number of nitrogens with zero attached hydrogens (tertiary/aromatic N) is 2. The summed E-state index contributed by atoms with van der Waals surface area (Å²) in [6, 6.07) is 4.06. The number of hydrogen-bond acceptors (Lipinski definition) is 4. The van der Waals surface area contributed by atoms with E-state index in [1.807, 2.05) is 0 Å². The molecule has 2 fully saturated rings. The summed E-state index contributed by atoms with van der Waals surface area (Å²) in [5.41, 5.74) is -0.779. The standard InChI is InChI=1S/C20H16ClF3N4O2/c21-11-2-15(14-8-26-28-16(14)3-11)19(30)4-12-13(5-19)17(12)27-18(29)9-1-10(7-25-6-9)20(22,23)24/h1-3,6-8,12-13,17,30H,4-5H2,(H,26,28)(H,27,29)/t12-,13+,17+,19-. The van der Waals surface area contributed by atoms with Crippen LogP contribution in [0.5, 0.6) is 0 Å². The molecule has 2 heterocycles. The lowest BCUT2D eigenvalue weighted by Crippen LogP contribution is -2.33. The fourth-order valence-electron chi connectivity index (χ4n) is 4.65. The molecule has 1 aromatic carbocycles. The number of alkyl halides is 3. The highest BCUT2D eigenvalue weighted by atomic mass is 35.5. The molecule has 2 aromatic heterocycles. The van der Waals surface area contributed by atoms with Gasteiger partial charge in [-0.3, -0.25) is 14.9 Å². The van der Waals surface area contributed by atoms with E-state index in [2.05, 4.69) is 20.5 Å². The van der Waals surface area contributed by atoms with Crippen molar-refractivity contribution in [2.45, 2.75) is 30.7 Å². The molecule has 30 heavy (non-hydrogen) atoms. The summed E-state index contributed by atoms with van der Waals surface area (Å²) in [5.74, 6) is -0.520. The van der Waals surface area contributed by atoms with Crippen molar-refractivity contribution in [3.8, 4) is 0 Å². The zero-order valence-electron chi connectivity index (χ0n) is 15.4. The van der Waals surface area contributed by atoms with Crippen LogP contribution in [-0.4, -0.2) is 32.2 Å². The molecule has 4 atom stereocenters. The van der Waals surface area contributed by atoms with Crippen molar-refractivity contribution in [3.63, 3.8) is 0 Å². The number of amides is 1. The van der Waals surface area contributed by atoms with Crippen LogP contribution in [0.15, 0.2) is 36.8 Å². The maximum Gasteiger partial charge on any atom is 0.417 e. The van der Waals surface area contributed by atoms with E-state index < -0.39 is 23.2 Å². The summed E-state index contributed by atoms with van der Waals surface area (Å²) in [4.78, 5) is 15.9. The van der Waals surface area contributed by atoms with Crippen LogP contribution in [-0.2, 0) is 11.8 Å². The van der Waals surface area contributed by atoms with Crippen molar-refractivity contribution < 1.29 is 23.1 Å². The number of halogens is 4. The Morgan fingerprint density at radius 3 is 2.63 bits per heavy atom. The summed E-state index contributed by atoms with van der Waals surface area (Å²) in [5, 5.41) is 22.2. The quantitative estimate of drug-likeness (QED) is 0.584. The van der Waals surface area contributed by atoms with Crippen LogP contribution < -0.4 is 5.32 Å².